The Kier molecular flexibility index (Phi) is 6.43. The van der Waals surface area contributed by atoms with Crippen molar-refractivity contribution in [3.05, 3.63) is 59.9 Å². The smallest absolute Gasteiger partial charge is 0.276 e. The van der Waals surface area contributed by atoms with Gasteiger partial charge in [-0.3, -0.25) is 25.2 Å². The van der Waals surface area contributed by atoms with Crippen LogP contribution in [0.3, 0.4) is 0 Å². The minimum absolute atomic E-state index is 0.0555. The van der Waals surface area contributed by atoms with Gasteiger partial charge < -0.3 is 9.64 Å². The molecular formula is C21H22FN3O4. The summed E-state index contributed by atoms with van der Waals surface area (Å²) in [5, 5.41) is 0. The number of anilines is 1. The first kappa shape index (κ1) is 20.3. The summed E-state index contributed by atoms with van der Waals surface area (Å²) in [6.45, 7) is 1.82. The molecule has 0 saturated carbocycles. The van der Waals surface area contributed by atoms with Crippen LogP contribution in [0.1, 0.15) is 18.9 Å². The predicted octanol–water partition coefficient (Wildman–Crippen LogP) is 1.97. The van der Waals surface area contributed by atoms with E-state index in [0.29, 0.717) is 0 Å². The Hall–Kier alpha value is -3.42. The Morgan fingerprint density at radius 1 is 1.14 bits per heavy atom. The van der Waals surface area contributed by atoms with E-state index in [2.05, 4.69) is 10.9 Å². The first-order chi connectivity index (χ1) is 14.0. The van der Waals surface area contributed by atoms with Crippen molar-refractivity contribution in [3.63, 3.8) is 0 Å². The topological polar surface area (TPSA) is 87.7 Å². The van der Waals surface area contributed by atoms with E-state index in [-0.39, 0.29) is 24.6 Å². The van der Waals surface area contributed by atoms with Crippen LogP contribution in [0.25, 0.3) is 0 Å². The Balaban J connectivity index is 1.47. The van der Waals surface area contributed by atoms with Gasteiger partial charge in [0.1, 0.15) is 0 Å². The van der Waals surface area contributed by atoms with Gasteiger partial charge in [-0.1, -0.05) is 31.2 Å². The first-order valence-electron chi connectivity index (χ1n) is 9.33. The Morgan fingerprint density at radius 2 is 1.86 bits per heavy atom. The number of para-hydroxylation sites is 1. The summed E-state index contributed by atoms with van der Waals surface area (Å²) in [5.41, 5.74) is 6.42. The molecule has 2 aromatic rings. The highest BCUT2D eigenvalue weighted by molar-refractivity contribution is 6.00. The fraction of sp³-hybridized carbons (Fsp3) is 0.286. The molecule has 0 radical (unpaired) electrons. The molecule has 8 heteroatoms. The maximum absolute atomic E-state index is 13.5. The minimum atomic E-state index is -0.641. The molecule has 7 nitrogen and oxygen atoms in total. The third-order valence-corrected chi connectivity index (χ3v) is 4.67. The van der Waals surface area contributed by atoms with Gasteiger partial charge in [0.15, 0.2) is 18.2 Å². The normalized spacial score (nSPS) is 15.9. The van der Waals surface area contributed by atoms with Gasteiger partial charge in [0.25, 0.3) is 5.91 Å². The summed E-state index contributed by atoms with van der Waals surface area (Å²) in [7, 11) is 0. The summed E-state index contributed by atoms with van der Waals surface area (Å²) in [5.74, 6) is -2.48. The fourth-order valence-electron chi connectivity index (χ4n) is 3.02. The number of ether oxygens (including phenoxy) is 1. The quantitative estimate of drug-likeness (QED) is 0.727. The minimum Gasteiger partial charge on any atom is -0.481 e. The van der Waals surface area contributed by atoms with Crippen molar-refractivity contribution in [1.29, 1.82) is 0 Å². The number of carbonyl (C=O) groups is 3. The van der Waals surface area contributed by atoms with Gasteiger partial charge in [0, 0.05) is 18.7 Å². The van der Waals surface area contributed by atoms with E-state index in [0.717, 1.165) is 17.7 Å². The van der Waals surface area contributed by atoms with Crippen molar-refractivity contribution in [3.8, 4) is 5.75 Å². The highest BCUT2D eigenvalue weighted by Crippen LogP contribution is 2.25. The van der Waals surface area contributed by atoms with Crippen LogP contribution in [0.5, 0.6) is 5.75 Å². The number of hydrogen-bond acceptors (Lipinski definition) is 4. The van der Waals surface area contributed by atoms with Crippen LogP contribution in [0, 0.1) is 11.7 Å². The molecular weight excluding hydrogens is 377 g/mol. The van der Waals surface area contributed by atoms with Crippen molar-refractivity contribution < 1.29 is 23.5 Å². The standard InChI is InChI=1S/C21H22FN3O4/c1-2-14-7-9-16(10-8-14)25-12-15(11-20(25)27)21(28)24-23-19(26)13-29-18-6-4-3-5-17(18)22/h3-10,15H,2,11-13H2,1H3,(H,23,26)(H,24,28)/t15-/m1/s1. The molecule has 29 heavy (non-hydrogen) atoms. The monoisotopic (exact) mass is 399 g/mol. The summed E-state index contributed by atoms with van der Waals surface area (Å²) in [6.07, 6.45) is 0.961. The highest BCUT2D eigenvalue weighted by Gasteiger charge is 2.35. The molecule has 2 N–H and O–H groups in total. The van der Waals surface area contributed by atoms with Gasteiger partial charge >= 0.3 is 0 Å². The predicted molar refractivity (Wildman–Crippen MR) is 104 cm³/mol. The summed E-state index contributed by atoms with van der Waals surface area (Å²) < 4.78 is 18.5. The third kappa shape index (κ3) is 5.10. The molecule has 0 spiro atoms. The van der Waals surface area contributed by atoms with E-state index >= 15 is 0 Å². The number of hydrogen-bond donors (Lipinski definition) is 2. The number of rotatable bonds is 6. The average Bonchev–Trinajstić information content (AvgIpc) is 3.13. The number of benzene rings is 2. The molecule has 1 aliphatic heterocycles. The van der Waals surface area contributed by atoms with E-state index in [1.165, 1.54) is 18.2 Å². The summed E-state index contributed by atoms with van der Waals surface area (Å²) >= 11 is 0. The number of aryl methyl sites for hydroxylation is 1. The van der Waals surface area contributed by atoms with Crippen LogP contribution in [0.15, 0.2) is 48.5 Å². The van der Waals surface area contributed by atoms with Crippen molar-refractivity contribution in [2.75, 3.05) is 18.1 Å². The Morgan fingerprint density at radius 3 is 2.55 bits per heavy atom. The number of amides is 3. The fourth-order valence-corrected chi connectivity index (χ4v) is 3.02. The van der Waals surface area contributed by atoms with Gasteiger partial charge in [-0.2, -0.15) is 0 Å². The second kappa shape index (κ2) is 9.18. The molecule has 1 heterocycles. The second-order valence-corrected chi connectivity index (χ2v) is 6.68. The Labute approximate surface area is 167 Å². The molecule has 2 aromatic carbocycles. The van der Waals surface area contributed by atoms with Crippen molar-refractivity contribution in [2.24, 2.45) is 5.92 Å². The Bertz CT molecular complexity index is 901. The van der Waals surface area contributed by atoms with Gasteiger partial charge in [-0.05, 0) is 36.2 Å². The van der Waals surface area contributed by atoms with Crippen LogP contribution in [-0.2, 0) is 20.8 Å². The van der Waals surface area contributed by atoms with Gasteiger partial charge in [-0.25, -0.2) is 4.39 Å². The van der Waals surface area contributed by atoms with E-state index in [1.807, 2.05) is 31.2 Å². The molecule has 1 atom stereocenters. The maximum atomic E-state index is 13.5. The summed E-state index contributed by atoms with van der Waals surface area (Å²) in [4.78, 5) is 37.9. The second-order valence-electron chi connectivity index (χ2n) is 6.68. The molecule has 1 fully saturated rings. The van der Waals surface area contributed by atoms with Crippen molar-refractivity contribution in [2.45, 2.75) is 19.8 Å². The highest BCUT2D eigenvalue weighted by atomic mass is 19.1. The average molecular weight is 399 g/mol. The first-order valence-corrected chi connectivity index (χ1v) is 9.33. The third-order valence-electron chi connectivity index (χ3n) is 4.67. The zero-order valence-corrected chi connectivity index (χ0v) is 16.0. The van der Waals surface area contributed by atoms with E-state index in [4.69, 9.17) is 4.74 Å². The number of halogens is 1. The SMILES string of the molecule is CCc1ccc(N2C[C@H](C(=O)NNC(=O)COc3ccccc3F)CC2=O)cc1. The van der Waals surface area contributed by atoms with Gasteiger partial charge in [0.2, 0.25) is 11.8 Å². The number of hydrazine groups is 1. The van der Waals surface area contributed by atoms with Gasteiger partial charge in [-0.15, -0.1) is 0 Å². The molecule has 3 amide bonds. The molecule has 0 bridgehead atoms. The zero-order valence-electron chi connectivity index (χ0n) is 16.0. The molecule has 3 rings (SSSR count). The van der Waals surface area contributed by atoms with E-state index in [9.17, 15) is 18.8 Å². The molecule has 1 aliphatic rings. The van der Waals surface area contributed by atoms with Crippen LogP contribution < -0.4 is 20.5 Å². The molecule has 0 unspecified atom stereocenters. The van der Waals surface area contributed by atoms with Crippen molar-refractivity contribution in [1.82, 2.24) is 10.9 Å². The van der Waals surface area contributed by atoms with E-state index < -0.39 is 30.2 Å². The maximum Gasteiger partial charge on any atom is 0.276 e. The van der Waals surface area contributed by atoms with Crippen molar-refractivity contribution >= 4 is 23.4 Å². The zero-order chi connectivity index (χ0) is 20.8. The molecule has 1 saturated heterocycles. The lowest BCUT2D eigenvalue weighted by Crippen LogP contribution is -2.46. The lowest BCUT2D eigenvalue weighted by Gasteiger charge is -2.17. The molecule has 152 valence electrons. The lowest BCUT2D eigenvalue weighted by molar-refractivity contribution is -0.132. The lowest BCUT2D eigenvalue weighted by atomic mass is 10.1. The number of nitrogens with one attached hydrogen (secondary N) is 2. The van der Waals surface area contributed by atoms with Crippen LogP contribution in [-0.4, -0.2) is 30.9 Å². The largest absolute Gasteiger partial charge is 0.481 e. The summed E-state index contributed by atoms with van der Waals surface area (Å²) in [6, 6.07) is 13.3. The molecule has 0 aliphatic carbocycles. The van der Waals surface area contributed by atoms with Crippen LogP contribution in [0.2, 0.25) is 0 Å². The number of nitrogens with zero attached hydrogens (tertiary/aromatic N) is 1. The van der Waals surface area contributed by atoms with Crippen LogP contribution in [0.4, 0.5) is 10.1 Å². The van der Waals surface area contributed by atoms with Crippen LogP contribution >= 0.6 is 0 Å². The molecule has 0 aromatic heterocycles. The van der Waals surface area contributed by atoms with Gasteiger partial charge in [0.05, 0.1) is 5.92 Å². The number of carbonyl (C=O) groups excluding carboxylic acids is 3. The van der Waals surface area contributed by atoms with E-state index in [1.54, 1.807) is 11.0 Å².